The molecule has 1 aromatic heterocycles. The minimum Gasteiger partial charge on any atom is -0.482 e. The quantitative estimate of drug-likeness (QED) is 0.651. The highest BCUT2D eigenvalue weighted by atomic mass is 16.7. The van der Waals surface area contributed by atoms with Crippen molar-refractivity contribution in [3.63, 3.8) is 0 Å². The molecule has 8 nitrogen and oxygen atoms in total. The first-order chi connectivity index (χ1) is 13.1. The van der Waals surface area contributed by atoms with Crippen LogP contribution in [0, 0.1) is 6.92 Å². The van der Waals surface area contributed by atoms with E-state index in [-0.39, 0.29) is 19.0 Å². The van der Waals surface area contributed by atoms with Crippen molar-refractivity contribution in [3.05, 3.63) is 52.6 Å². The van der Waals surface area contributed by atoms with E-state index in [0.29, 0.717) is 39.7 Å². The molecule has 0 aliphatic carbocycles. The van der Waals surface area contributed by atoms with Gasteiger partial charge in [-0.15, -0.1) is 0 Å². The summed E-state index contributed by atoms with van der Waals surface area (Å²) in [7, 11) is 1.28. The van der Waals surface area contributed by atoms with Crippen molar-refractivity contribution >= 4 is 16.9 Å². The van der Waals surface area contributed by atoms with Gasteiger partial charge in [-0.3, -0.25) is 9.36 Å². The number of carbonyl (C=O) groups is 1. The molecule has 1 aliphatic rings. The number of hydrogen-bond acceptors (Lipinski definition) is 7. The van der Waals surface area contributed by atoms with Crippen molar-refractivity contribution in [2.24, 2.45) is 0 Å². The van der Waals surface area contributed by atoms with Gasteiger partial charge in [-0.2, -0.15) is 0 Å². The van der Waals surface area contributed by atoms with E-state index in [1.807, 2.05) is 0 Å². The van der Waals surface area contributed by atoms with Gasteiger partial charge in [0.1, 0.15) is 11.6 Å². The Labute approximate surface area is 153 Å². The van der Waals surface area contributed by atoms with E-state index >= 15 is 0 Å². The second-order valence-corrected chi connectivity index (χ2v) is 5.88. The van der Waals surface area contributed by atoms with Gasteiger partial charge >= 0.3 is 5.97 Å². The molecule has 0 saturated heterocycles. The molecule has 0 amide bonds. The Morgan fingerprint density at radius 1 is 1.19 bits per heavy atom. The SMILES string of the molecule is COC(=O)COc1ccc2nc(C)n(-c3ccc4c(c3)OCO4)c(=O)c2c1. The average Bonchev–Trinajstić information content (AvgIpc) is 3.14. The van der Waals surface area contributed by atoms with Gasteiger partial charge in [0.05, 0.1) is 23.7 Å². The maximum absolute atomic E-state index is 13.1. The van der Waals surface area contributed by atoms with Crippen LogP contribution in [0.2, 0.25) is 0 Å². The largest absolute Gasteiger partial charge is 0.482 e. The molecule has 0 fully saturated rings. The molecule has 8 heteroatoms. The van der Waals surface area contributed by atoms with E-state index in [1.165, 1.54) is 11.7 Å². The van der Waals surface area contributed by atoms with Gasteiger partial charge in [0.2, 0.25) is 6.79 Å². The predicted molar refractivity (Wildman–Crippen MR) is 95.7 cm³/mol. The van der Waals surface area contributed by atoms with Gasteiger partial charge in [0, 0.05) is 6.07 Å². The third-order valence-corrected chi connectivity index (χ3v) is 4.21. The zero-order chi connectivity index (χ0) is 19.0. The molecule has 0 radical (unpaired) electrons. The van der Waals surface area contributed by atoms with Gasteiger partial charge in [0.15, 0.2) is 18.1 Å². The Hall–Kier alpha value is -3.55. The Bertz CT molecular complexity index is 1110. The van der Waals surface area contributed by atoms with Crippen LogP contribution in [0.25, 0.3) is 16.6 Å². The Kier molecular flexibility index (Phi) is 4.15. The fourth-order valence-corrected chi connectivity index (χ4v) is 2.90. The number of aromatic nitrogens is 2. The van der Waals surface area contributed by atoms with Gasteiger partial charge in [-0.1, -0.05) is 0 Å². The molecule has 0 N–H and O–H groups in total. The fourth-order valence-electron chi connectivity index (χ4n) is 2.90. The first-order valence-corrected chi connectivity index (χ1v) is 8.20. The Morgan fingerprint density at radius 3 is 2.81 bits per heavy atom. The molecular formula is C19H16N2O6. The van der Waals surface area contributed by atoms with Crippen LogP contribution in [0.15, 0.2) is 41.2 Å². The minimum absolute atomic E-state index is 0.156. The lowest BCUT2D eigenvalue weighted by molar-refractivity contribution is -0.142. The Morgan fingerprint density at radius 2 is 2.00 bits per heavy atom. The van der Waals surface area contributed by atoms with E-state index < -0.39 is 5.97 Å². The Balaban J connectivity index is 1.79. The number of ether oxygens (including phenoxy) is 4. The molecule has 4 rings (SSSR count). The zero-order valence-electron chi connectivity index (χ0n) is 14.7. The second-order valence-electron chi connectivity index (χ2n) is 5.88. The number of aryl methyl sites for hydroxylation is 1. The number of fused-ring (bicyclic) bond motifs is 2. The van der Waals surface area contributed by atoms with Crippen LogP contribution >= 0.6 is 0 Å². The lowest BCUT2D eigenvalue weighted by Gasteiger charge is -2.12. The van der Waals surface area contributed by atoms with Crippen molar-refractivity contribution in [1.82, 2.24) is 9.55 Å². The highest BCUT2D eigenvalue weighted by molar-refractivity contribution is 5.80. The van der Waals surface area contributed by atoms with Crippen LogP contribution in [0.1, 0.15) is 5.82 Å². The topological polar surface area (TPSA) is 88.9 Å². The van der Waals surface area contributed by atoms with Gasteiger partial charge < -0.3 is 18.9 Å². The van der Waals surface area contributed by atoms with Crippen molar-refractivity contribution in [1.29, 1.82) is 0 Å². The molecule has 0 spiro atoms. The summed E-state index contributed by atoms with van der Waals surface area (Å²) in [6, 6.07) is 10.2. The summed E-state index contributed by atoms with van der Waals surface area (Å²) in [6.07, 6.45) is 0. The van der Waals surface area contributed by atoms with Gasteiger partial charge in [0.25, 0.3) is 5.56 Å². The highest BCUT2D eigenvalue weighted by Crippen LogP contribution is 2.33. The minimum atomic E-state index is -0.505. The van der Waals surface area contributed by atoms with Crippen LogP contribution in [-0.4, -0.2) is 36.0 Å². The van der Waals surface area contributed by atoms with E-state index in [0.717, 1.165) is 0 Å². The highest BCUT2D eigenvalue weighted by Gasteiger charge is 2.17. The first kappa shape index (κ1) is 16.9. The van der Waals surface area contributed by atoms with Crippen LogP contribution in [0.4, 0.5) is 0 Å². The van der Waals surface area contributed by atoms with E-state index in [1.54, 1.807) is 43.3 Å². The maximum atomic E-state index is 13.1. The van der Waals surface area contributed by atoms with Gasteiger partial charge in [-0.05, 0) is 37.3 Å². The molecule has 1 aliphatic heterocycles. The molecule has 2 heterocycles. The van der Waals surface area contributed by atoms with Crippen molar-refractivity contribution < 1.29 is 23.7 Å². The molecule has 2 aromatic carbocycles. The summed E-state index contributed by atoms with van der Waals surface area (Å²) in [6.45, 7) is 1.67. The number of methoxy groups -OCH3 is 1. The number of hydrogen-bond donors (Lipinski definition) is 0. The molecule has 138 valence electrons. The number of esters is 1. The summed E-state index contributed by atoms with van der Waals surface area (Å²) >= 11 is 0. The summed E-state index contributed by atoms with van der Waals surface area (Å²) in [5.74, 6) is 1.63. The van der Waals surface area contributed by atoms with Crippen LogP contribution in [0.5, 0.6) is 17.2 Å². The number of benzene rings is 2. The van der Waals surface area contributed by atoms with Crippen LogP contribution < -0.4 is 19.8 Å². The van der Waals surface area contributed by atoms with Crippen molar-refractivity contribution in [2.75, 3.05) is 20.5 Å². The molecule has 0 unspecified atom stereocenters. The lowest BCUT2D eigenvalue weighted by Crippen LogP contribution is -2.22. The molecular weight excluding hydrogens is 352 g/mol. The third-order valence-electron chi connectivity index (χ3n) is 4.21. The summed E-state index contributed by atoms with van der Waals surface area (Å²) in [5, 5.41) is 0.376. The lowest BCUT2D eigenvalue weighted by atomic mass is 10.2. The zero-order valence-corrected chi connectivity index (χ0v) is 14.7. The maximum Gasteiger partial charge on any atom is 0.343 e. The van der Waals surface area contributed by atoms with Gasteiger partial charge in [-0.25, -0.2) is 9.78 Å². The second kappa shape index (κ2) is 6.64. The molecule has 0 bridgehead atoms. The number of rotatable bonds is 4. The summed E-state index contributed by atoms with van der Waals surface area (Å²) in [4.78, 5) is 28.8. The normalized spacial score (nSPS) is 12.2. The van der Waals surface area contributed by atoms with Crippen molar-refractivity contribution in [2.45, 2.75) is 6.92 Å². The fraction of sp³-hybridized carbons (Fsp3) is 0.211. The number of carbonyl (C=O) groups excluding carboxylic acids is 1. The van der Waals surface area contributed by atoms with E-state index in [4.69, 9.17) is 14.2 Å². The smallest absolute Gasteiger partial charge is 0.343 e. The first-order valence-electron chi connectivity index (χ1n) is 8.20. The van der Waals surface area contributed by atoms with Crippen LogP contribution in [0.3, 0.4) is 0 Å². The van der Waals surface area contributed by atoms with Crippen LogP contribution in [-0.2, 0) is 9.53 Å². The molecule has 3 aromatic rings. The van der Waals surface area contributed by atoms with E-state index in [9.17, 15) is 9.59 Å². The standard InChI is InChI=1S/C19H16N2O6/c1-11-20-15-5-4-13(25-9-18(22)24-2)8-14(15)19(23)21(11)12-3-6-16-17(7-12)27-10-26-16/h3-8H,9-10H2,1-2H3. The van der Waals surface area contributed by atoms with Crippen molar-refractivity contribution in [3.8, 4) is 22.9 Å². The summed E-state index contributed by atoms with van der Waals surface area (Å²) in [5.41, 5.74) is 0.914. The molecule has 0 atom stereocenters. The monoisotopic (exact) mass is 368 g/mol. The molecule has 0 saturated carbocycles. The number of nitrogens with zero attached hydrogens (tertiary/aromatic N) is 2. The molecule has 27 heavy (non-hydrogen) atoms. The summed E-state index contributed by atoms with van der Waals surface area (Å²) < 4.78 is 22.1. The third kappa shape index (κ3) is 3.05. The predicted octanol–water partition coefficient (Wildman–Crippen LogP) is 1.97. The van der Waals surface area contributed by atoms with E-state index in [2.05, 4.69) is 9.72 Å². The average molecular weight is 368 g/mol.